The number of carboxylic acid groups (broad SMARTS) is 1. The Bertz CT molecular complexity index is 366. The molecule has 0 aliphatic heterocycles. The van der Waals surface area contributed by atoms with Gasteiger partial charge in [-0.3, -0.25) is 4.79 Å². The van der Waals surface area contributed by atoms with Crippen LogP contribution in [0.15, 0.2) is 56.3 Å². The summed E-state index contributed by atoms with van der Waals surface area (Å²) >= 11 is 0. The summed E-state index contributed by atoms with van der Waals surface area (Å²) in [5.74, 6) is -0.833. The lowest BCUT2D eigenvalue weighted by Gasteiger charge is -1.96. The summed E-state index contributed by atoms with van der Waals surface area (Å²) in [6.07, 6.45) is 3.66. The van der Waals surface area contributed by atoms with Crippen molar-refractivity contribution in [3.05, 3.63) is 67.4 Å². The van der Waals surface area contributed by atoms with Gasteiger partial charge in [-0.05, 0) is 11.1 Å². The van der Waals surface area contributed by atoms with Crippen molar-refractivity contribution in [3.63, 3.8) is 0 Å². The lowest BCUT2D eigenvalue weighted by atomic mass is 10.1. The van der Waals surface area contributed by atoms with Crippen molar-refractivity contribution in [2.45, 2.75) is 6.92 Å². The lowest BCUT2D eigenvalue weighted by molar-refractivity contribution is -0.134. The molecule has 0 amide bonds. The number of hydrogen-bond acceptors (Lipinski definition) is 1. The summed E-state index contributed by atoms with van der Waals surface area (Å²) in [4.78, 5) is 9.00. The van der Waals surface area contributed by atoms with Crippen molar-refractivity contribution in [1.29, 1.82) is 0 Å². The van der Waals surface area contributed by atoms with Gasteiger partial charge in [-0.25, -0.2) is 0 Å². The standard InChI is InChI=1S/C10H10.C3H4.C2H4O2/c1-3-9-7-5-6-8-10(9)4-2;1-3-2;1-2(3)4/h3-8H,1-2H2;1-2H2;1H3,(H,3,4). The molecule has 1 aromatic carbocycles. The molecule has 0 aromatic heterocycles. The average molecular weight is 230 g/mol. The maximum absolute atomic E-state index is 9.00. The molecule has 0 saturated heterocycles. The molecule has 0 bridgehead atoms. The van der Waals surface area contributed by atoms with E-state index >= 15 is 0 Å². The molecule has 2 nitrogen and oxygen atoms in total. The van der Waals surface area contributed by atoms with Crippen LogP contribution in [0.3, 0.4) is 0 Å². The second-order valence-electron chi connectivity index (χ2n) is 2.81. The number of aliphatic carboxylic acids is 1. The molecular formula is C15H18O2. The van der Waals surface area contributed by atoms with Gasteiger partial charge in [0.15, 0.2) is 0 Å². The first-order chi connectivity index (χ1) is 8.03. The van der Waals surface area contributed by atoms with E-state index in [1.165, 1.54) is 0 Å². The Morgan fingerprint density at radius 1 is 1.18 bits per heavy atom. The molecule has 0 unspecified atom stereocenters. The largest absolute Gasteiger partial charge is 0.481 e. The van der Waals surface area contributed by atoms with E-state index in [-0.39, 0.29) is 0 Å². The summed E-state index contributed by atoms with van der Waals surface area (Å²) in [6.45, 7) is 14.7. The van der Waals surface area contributed by atoms with E-state index in [0.717, 1.165) is 18.1 Å². The van der Waals surface area contributed by atoms with Crippen molar-refractivity contribution in [2.75, 3.05) is 0 Å². The van der Waals surface area contributed by atoms with Gasteiger partial charge >= 0.3 is 0 Å². The summed E-state index contributed by atoms with van der Waals surface area (Å²) in [6, 6.07) is 8.02. The van der Waals surface area contributed by atoms with Gasteiger partial charge in [0.1, 0.15) is 0 Å². The van der Waals surface area contributed by atoms with E-state index in [1.807, 2.05) is 36.4 Å². The normalized spacial score (nSPS) is 7.12. The highest BCUT2D eigenvalue weighted by Gasteiger charge is 1.89. The zero-order valence-corrected chi connectivity index (χ0v) is 10.1. The summed E-state index contributed by atoms with van der Waals surface area (Å²) in [5, 5.41) is 7.42. The predicted octanol–water partition coefficient (Wildman–Crippen LogP) is 4.02. The lowest BCUT2D eigenvalue weighted by Crippen LogP contribution is -1.78. The topological polar surface area (TPSA) is 37.3 Å². The highest BCUT2D eigenvalue weighted by Crippen LogP contribution is 2.10. The van der Waals surface area contributed by atoms with E-state index in [1.54, 1.807) is 0 Å². The smallest absolute Gasteiger partial charge is 0.300 e. The molecule has 0 radical (unpaired) electrons. The zero-order valence-electron chi connectivity index (χ0n) is 10.1. The second-order valence-corrected chi connectivity index (χ2v) is 2.81. The fourth-order valence-corrected chi connectivity index (χ4v) is 0.883. The van der Waals surface area contributed by atoms with Crippen LogP contribution in [0.4, 0.5) is 0 Å². The maximum Gasteiger partial charge on any atom is 0.300 e. The Balaban J connectivity index is 0. The predicted molar refractivity (Wildman–Crippen MR) is 74.7 cm³/mol. The van der Waals surface area contributed by atoms with Crippen LogP contribution in [0.25, 0.3) is 12.2 Å². The van der Waals surface area contributed by atoms with E-state index in [9.17, 15) is 0 Å². The highest BCUT2D eigenvalue weighted by molar-refractivity contribution is 5.63. The number of hydrogen-bond donors (Lipinski definition) is 1. The van der Waals surface area contributed by atoms with Gasteiger partial charge in [-0.15, -0.1) is 5.73 Å². The van der Waals surface area contributed by atoms with E-state index in [0.29, 0.717) is 0 Å². The van der Waals surface area contributed by atoms with E-state index < -0.39 is 5.97 Å². The van der Waals surface area contributed by atoms with Crippen LogP contribution in [0.5, 0.6) is 0 Å². The summed E-state index contributed by atoms with van der Waals surface area (Å²) < 4.78 is 0. The Morgan fingerprint density at radius 2 is 1.41 bits per heavy atom. The van der Waals surface area contributed by atoms with Crippen LogP contribution >= 0.6 is 0 Å². The Morgan fingerprint density at radius 3 is 1.59 bits per heavy atom. The quantitative estimate of drug-likeness (QED) is 0.779. The molecule has 0 aliphatic rings. The van der Waals surface area contributed by atoms with Crippen LogP contribution in [0.2, 0.25) is 0 Å². The molecular weight excluding hydrogens is 212 g/mol. The summed E-state index contributed by atoms with van der Waals surface area (Å²) in [7, 11) is 0. The molecule has 0 heterocycles. The third kappa shape index (κ3) is 11.6. The maximum atomic E-state index is 9.00. The first-order valence-electron chi connectivity index (χ1n) is 4.86. The third-order valence-corrected chi connectivity index (χ3v) is 1.44. The Hall–Kier alpha value is -2.31. The molecule has 0 aliphatic carbocycles. The molecule has 1 rings (SSSR count). The van der Waals surface area contributed by atoms with Gasteiger partial charge in [0, 0.05) is 6.92 Å². The molecule has 0 fully saturated rings. The van der Waals surface area contributed by atoms with E-state index in [4.69, 9.17) is 9.90 Å². The van der Waals surface area contributed by atoms with Crippen LogP contribution in [-0.2, 0) is 4.79 Å². The molecule has 1 N–H and O–H groups in total. The van der Waals surface area contributed by atoms with Crippen molar-refractivity contribution in [3.8, 4) is 0 Å². The fraction of sp³-hybridized carbons (Fsp3) is 0.0667. The molecule has 1 aromatic rings. The first kappa shape index (κ1) is 17.1. The molecule has 90 valence electrons. The number of rotatable bonds is 2. The minimum atomic E-state index is -0.833. The van der Waals surface area contributed by atoms with Gasteiger partial charge in [-0.1, -0.05) is 62.7 Å². The number of carboxylic acids is 1. The van der Waals surface area contributed by atoms with Crippen LogP contribution in [0, 0.1) is 0 Å². The van der Waals surface area contributed by atoms with Crippen molar-refractivity contribution in [1.82, 2.24) is 0 Å². The summed E-state index contributed by atoms with van der Waals surface area (Å²) in [5.41, 5.74) is 4.52. The van der Waals surface area contributed by atoms with Gasteiger partial charge < -0.3 is 5.11 Å². The van der Waals surface area contributed by atoms with Gasteiger partial charge in [0.05, 0.1) is 0 Å². The Kier molecular flexibility index (Phi) is 11.8. The van der Waals surface area contributed by atoms with Crippen molar-refractivity contribution < 1.29 is 9.90 Å². The fourth-order valence-electron chi connectivity index (χ4n) is 0.883. The molecule has 0 saturated carbocycles. The monoisotopic (exact) mass is 230 g/mol. The first-order valence-corrected chi connectivity index (χ1v) is 4.86. The van der Waals surface area contributed by atoms with Crippen LogP contribution < -0.4 is 0 Å². The second kappa shape index (κ2) is 11.8. The van der Waals surface area contributed by atoms with Crippen LogP contribution in [0.1, 0.15) is 18.1 Å². The highest BCUT2D eigenvalue weighted by atomic mass is 16.4. The Labute approximate surface area is 103 Å². The van der Waals surface area contributed by atoms with E-state index in [2.05, 4.69) is 32.0 Å². The average Bonchev–Trinajstić information content (AvgIpc) is 2.29. The molecule has 0 spiro atoms. The van der Waals surface area contributed by atoms with Gasteiger partial charge in [0.25, 0.3) is 5.97 Å². The molecule has 17 heavy (non-hydrogen) atoms. The molecule has 2 heteroatoms. The van der Waals surface area contributed by atoms with Crippen molar-refractivity contribution >= 4 is 18.1 Å². The van der Waals surface area contributed by atoms with Crippen LogP contribution in [-0.4, -0.2) is 11.1 Å². The minimum Gasteiger partial charge on any atom is -0.481 e. The zero-order chi connectivity index (χ0) is 13.7. The van der Waals surface area contributed by atoms with Gasteiger partial charge in [-0.2, -0.15) is 0 Å². The SMILES string of the molecule is C=C=C.C=Cc1ccccc1C=C.CC(=O)O. The van der Waals surface area contributed by atoms with Gasteiger partial charge in [0.2, 0.25) is 0 Å². The minimum absolute atomic E-state index is 0.833. The number of benzene rings is 1. The third-order valence-electron chi connectivity index (χ3n) is 1.44. The number of carbonyl (C=O) groups is 1. The molecule has 0 atom stereocenters. The van der Waals surface area contributed by atoms with Crippen molar-refractivity contribution in [2.24, 2.45) is 0 Å².